The van der Waals surface area contributed by atoms with Gasteiger partial charge in [-0.25, -0.2) is 0 Å². The van der Waals surface area contributed by atoms with E-state index in [1.54, 1.807) is 36.2 Å². The van der Waals surface area contributed by atoms with Gasteiger partial charge in [0, 0.05) is 20.1 Å². The predicted molar refractivity (Wildman–Crippen MR) is 69.4 cm³/mol. The van der Waals surface area contributed by atoms with Crippen LogP contribution in [0.4, 0.5) is 0 Å². The molecule has 102 valence electrons. The van der Waals surface area contributed by atoms with Crippen molar-refractivity contribution in [3.05, 3.63) is 29.8 Å². The summed E-state index contributed by atoms with van der Waals surface area (Å²) in [6.45, 7) is 0.951. The minimum Gasteiger partial charge on any atom is -0.508 e. The molecule has 1 heterocycles. The third kappa shape index (κ3) is 3.45. The minimum atomic E-state index is -0.375. The number of hydrogen-bond acceptors (Lipinski definition) is 4. The maximum atomic E-state index is 12.1. The molecule has 1 unspecified atom stereocenters. The molecule has 2 amide bonds. The van der Waals surface area contributed by atoms with Crippen molar-refractivity contribution in [3.8, 4) is 5.75 Å². The van der Waals surface area contributed by atoms with Gasteiger partial charge in [0.25, 0.3) is 0 Å². The number of benzene rings is 1. The number of carbonyl (C=O) groups is 2. The molecule has 0 aliphatic carbocycles. The van der Waals surface area contributed by atoms with Crippen LogP contribution in [-0.2, 0) is 16.1 Å². The van der Waals surface area contributed by atoms with E-state index < -0.39 is 0 Å². The second kappa shape index (κ2) is 5.71. The van der Waals surface area contributed by atoms with E-state index in [-0.39, 0.29) is 30.2 Å². The third-order valence-electron chi connectivity index (χ3n) is 3.04. The van der Waals surface area contributed by atoms with Crippen molar-refractivity contribution in [1.82, 2.24) is 15.5 Å². The minimum absolute atomic E-state index is 0.0620. The zero-order chi connectivity index (χ0) is 13.8. The Morgan fingerprint density at radius 3 is 2.68 bits per heavy atom. The second-order valence-electron chi connectivity index (χ2n) is 4.60. The van der Waals surface area contributed by atoms with Crippen LogP contribution in [-0.4, -0.2) is 48.0 Å². The molecular formula is C13H17N3O3. The van der Waals surface area contributed by atoms with Crippen molar-refractivity contribution in [3.63, 3.8) is 0 Å². The molecular weight excluding hydrogens is 246 g/mol. The smallest absolute Gasteiger partial charge is 0.241 e. The van der Waals surface area contributed by atoms with Crippen molar-refractivity contribution in [2.45, 2.75) is 12.6 Å². The number of rotatable bonds is 3. The van der Waals surface area contributed by atoms with Gasteiger partial charge in [0.1, 0.15) is 11.8 Å². The molecule has 1 aliphatic rings. The van der Waals surface area contributed by atoms with Gasteiger partial charge in [-0.05, 0) is 17.7 Å². The Morgan fingerprint density at radius 1 is 1.42 bits per heavy atom. The van der Waals surface area contributed by atoms with E-state index in [9.17, 15) is 14.7 Å². The molecule has 0 bridgehead atoms. The first-order chi connectivity index (χ1) is 9.06. The monoisotopic (exact) mass is 263 g/mol. The van der Waals surface area contributed by atoms with E-state index in [0.717, 1.165) is 5.56 Å². The average Bonchev–Trinajstić information content (AvgIpc) is 2.41. The first-order valence-electron chi connectivity index (χ1n) is 6.09. The fourth-order valence-electron chi connectivity index (χ4n) is 1.96. The summed E-state index contributed by atoms with van der Waals surface area (Å²) in [4.78, 5) is 24.7. The van der Waals surface area contributed by atoms with E-state index in [2.05, 4.69) is 10.6 Å². The molecule has 1 saturated heterocycles. The lowest BCUT2D eigenvalue weighted by Crippen LogP contribution is -2.58. The summed E-state index contributed by atoms with van der Waals surface area (Å²) in [5, 5.41) is 14.8. The number of nitrogens with one attached hydrogen (secondary N) is 2. The number of phenolic OH excluding ortho intramolecular Hbond substituents is 1. The number of aromatic hydroxyl groups is 1. The lowest BCUT2D eigenvalue weighted by Gasteiger charge is -2.27. The van der Waals surface area contributed by atoms with Gasteiger partial charge < -0.3 is 15.3 Å². The van der Waals surface area contributed by atoms with Crippen LogP contribution < -0.4 is 10.6 Å². The molecule has 0 saturated carbocycles. The van der Waals surface area contributed by atoms with Crippen molar-refractivity contribution in [2.75, 3.05) is 20.1 Å². The van der Waals surface area contributed by atoms with Gasteiger partial charge in [-0.3, -0.25) is 14.9 Å². The number of carbonyl (C=O) groups excluding carboxylic acids is 2. The van der Waals surface area contributed by atoms with E-state index in [1.165, 1.54) is 0 Å². The Kier molecular flexibility index (Phi) is 4.01. The van der Waals surface area contributed by atoms with E-state index in [0.29, 0.717) is 13.1 Å². The summed E-state index contributed by atoms with van der Waals surface area (Å²) in [5.41, 5.74) is 0.938. The average molecular weight is 263 g/mol. The third-order valence-corrected chi connectivity index (χ3v) is 3.04. The highest BCUT2D eigenvalue weighted by Crippen LogP contribution is 2.11. The molecule has 6 heteroatoms. The summed E-state index contributed by atoms with van der Waals surface area (Å²) in [6, 6.07) is 6.35. The Balaban J connectivity index is 1.92. The summed E-state index contributed by atoms with van der Waals surface area (Å²) >= 11 is 0. The fourth-order valence-corrected chi connectivity index (χ4v) is 1.96. The van der Waals surface area contributed by atoms with Gasteiger partial charge in [0.2, 0.25) is 11.8 Å². The molecule has 1 aromatic rings. The van der Waals surface area contributed by atoms with Crippen LogP contribution in [0, 0.1) is 0 Å². The van der Waals surface area contributed by atoms with Crippen LogP contribution >= 0.6 is 0 Å². The molecule has 0 radical (unpaired) electrons. The molecule has 3 N–H and O–H groups in total. The summed E-state index contributed by atoms with van der Waals surface area (Å²) in [7, 11) is 1.72. The summed E-state index contributed by atoms with van der Waals surface area (Å²) in [5.74, 6) is 0.0488. The maximum Gasteiger partial charge on any atom is 0.241 e. The Labute approximate surface area is 111 Å². The fraction of sp³-hybridized carbons (Fsp3) is 0.385. The number of hydrogen-bond donors (Lipinski definition) is 3. The molecule has 0 aromatic heterocycles. The lowest BCUT2D eigenvalue weighted by atomic mass is 10.1. The normalized spacial score (nSPS) is 18.8. The topological polar surface area (TPSA) is 81.7 Å². The highest BCUT2D eigenvalue weighted by Gasteiger charge is 2.26. The molecule has 2 rings (SSSR count). The Morgan fingerprint density at radius 2 is 2.11 bits per heavy atom. The zero-order valence-corrected chi connectivity index (χ0v) is 10.7. The summed E-state index contributed by atoms with van der Waals surface area (Å²) < 4.78 is 0. The predicted octanol–water partition coefficient (Wildman–Crippen LogP) is -0.561. The maximum absolute atomic E-state index is 12.1. The standard InChI is InChI=1S/C13H17N3O3/c1-16(8-9-2-4-10(17)5-3-9)13(19)11-6-15-12(18)7-14-11/h2-5,11,14,17H,6-8H2,1H3,(H,15,18). The lowest BCUT2D eigenvalue weighted by molar-refractivity contribution is -0.134. The number of amides is 2. The van der Waals surface area contributed by atoms with E-state index in [4.69, 9.17) is 0 Å². The highest BCUT2D eigenvalue weighted by atomic mass is 16.3. The van der Waals surface area contributed by atoms with Gasteiger partial charge in [-0.15, -0.1) is 0 Å². The second-order valence-corrected chi connectivity index (χ2v) is 4.60. The van der Waals surface area contributed by atoms with Gasteiger partial charge in [0.15, 0.2) is 0 Å². The van der Waals surface area contributed by atoms with Crippen LogP contribution in [0.1, 0.15) is 5.56 Å². The molecule has 1 atom stereocenters. The Bertz CT molecular complexity index is 463. The molecule has 1 aliphatic heterocycles. The summed E-state index contributed by atoms with van der Waals surface area (Å²) in [6.07, 6.45) is 0. The van der Waals surface area contributed by atoms with Crippen LogP contribution in [0.2, 0.25) is 0 Å². The van der Waals surface area contributed by atoms with E-state index >= 15 is 0 Å². The molecule has 1 aromatic carbocycles. The first kappa shape index (κ1) is 13.4. The number of nitrogens with zero attached hydrogens (tertiary/aromatic N) is 1. The molecule has 1 fully saturated rings. The van der Waals surface area contributed by atoms with Crippen LogP contribution in [0.5, 0.6) is 5.75 Å². The van der Waals surface area contributed by atoms with Gasteiger partial charge in [-0.2, -0.15) is 0 Å². The van der Waals surface area contributed by atoms with Gasteiger partial charge in [-0.1, -0.05) is 12.1 Å². The number of piperazine rings is 1. The van der Waals surface area contributed by atoms with Crippen molar-refractivity contribution >= 4 is 11.8 Å². The number of phenols is 1. The van der Waals surface area contributed by atoms with Crippen molar-refractivity contribution in [2.24, 2.45) is 0 Å². The highest BCUT2D eigenvalue weighted by molar-refractivity contribution is 5.86. The SMILES string of the molecule is CN(Cc1ccc(O)cc1)C(=O)C1CNC(=O)CN1. The molecule has 19 heavy (non-hydrogen) atoms. The quantitative estimate of drug-likeness (QED) is 0.682. The largest absolute Gasteiger partial charge is 0.508 e. The van der Waals surface area contributed by atoms with Crippen LogP contribution in [0.3, 0.4) is 0 Å². The van der Waals surface area contributed by atoms with Crippen molar-refractivity contribution < 1.29 is 14.7 Å². The van der Waals surface area contributed by atoms with Gasteiger partial charge in [0.05, 0.1) is 6.54 Å². The Hall–Kier alpha value is -2.08. The van der Waals surface area contributed by atoms with Gasteiger partial charge >= 0.3 is 0 Å². The first-order valence-corrected chi connectivity index (χ1v) is 6.09. The van der Waals surface area contributed by atoms with E-state index in [1.807, 2.05) is 0 Å². The van der Waals surface area contributed by atoms with Crippen LogP contribution in [0.25, 0.3) is 0 Å². The zero-order valence-electron chi connectivity index (χ0n) is 10.7. The van der Waals surface area contributed by atoms with Crippen molar-refractivity contribution in [1.29, 1.82) is 0 Å². The molecule has 6 nitrogen and oxygen atoms in total. The molecule has 0 spiro atoms. The van der Waals surface area contributed by atoms with Crippen LogP contribution in [0.15, 0.2) is 24.3 Å². The number of likely N-dealkylation sites (N-methyl/N-ethyl adjacent to an activating group) is 1.